The molecule has 0 bridgehead atoms. The van der Waals surface area contributed by atoms with Crippen LogP contribution in [0.25, 0.3) is 0 Å². The van der Waals surface area contributed by atoms with Crippen molar-refractivity contribution in [3.63, 3.8) is 0 Å². The third kappa shape index (κ3) is 3.33. The summed E-state index contributed by atoms with van der Waals surface area (Å²) in [5, 5.41) is 3.29. The standard InChI is InChI=1S/C15H17N3O2S/c1-2-13-17-14(7-15(21)18-13)16-8-10-9-19-11-5-3-4-6-12(11)20-10/h3-7,10H,2,8-9H2,1H3,(H2,16,17,18,21). The van der Waals surface area contributed by atoms with E-state index in [1.54, 1.807) is 0 Å². The largest absolute Gasteiger partial charge is 0.486 e. The monoisotopic (exact) mass is 303 g/mol. The molecule has 1 aromatic heterocycles. The normalized spacial score (nSPS) is 16.5. The van der Waals surface area contributed by atoms with Gasteiger partial charge in [-0.3, -0.25) is 0 Å². The van der Waals surface area contributed by atoms with Crippen LogP contribution in [0, 0.1) is 4.64 Å². The van der Waals surface area contributed by atoms with Crippen molar-refractivity contribution in [2.75, 3.05) is 18.5 Å². The van der Waals surface area contributed by atoms with E-state index in [0.29, 0.717) is 17.8 Å². The van der Waals surface area contributed by atoms with Crippen molar-refractivity contribution in [3.8, 4) is 11.5 Å². The van der Waals surface area contributed by atoms with Gasteiger partial charge >= 0.3 is 0 Å². The molecule has 2 heterocycles. The second-order valence-electron chi connectivity index (χ2n) is 4.81. The van der Waals surface area contributed by atoms with Gasteiger partial charge in [0.05, 0.1) is 6.54 Å². The van der Waals surface area contributed by atoms with Crippen molar-refractivity contribution in [1.82, 2.24) is 9.97 Å². The maximum Gasteiger partial charge on any atom is 0.161 e. The number of H-pyrrole nitrogens is 1. The van der Waals surface area contributed by atoms with Gasteiger partial charge in [0.15, 0.2) is 11.5 Å². The lowest BCUT2D eigenvalue weighted by Crippen LogP contribution is -2.35. The van der Waals surface area contributed by atoms with Gasteiger partial charge in [-0.05, 0) is 12.1 Å². The Labute approximate surface area is 128 Å². The van der Waals surface area contributed by atoms with Crippen molar-refractivity contribution in [3.05, 3.63) is 40.8 Å². The molecular formula is C15H17N3O2S. The van der Waals surface area contributed by atoms with Gasteiger partial charge in [0.2, 0.25) is 0 Å². The average molecular weight is 303 g/mol. The van der Waals surface area contributed by atoms with E-state index < -0.39 is 0 Å². The second kappa shape index (κ2) is 6.13. The predicted octanol–water partition coefficient (Wildman–Crippen LogP) is 2.95. The van der Waals surface area contributed by atoms with Crippen LogP contribution >= 0.6 is 12.2 Å². The second-order valence-corrected chi connectivity index (χ2v) is 5.23. The number of hydrogen-bond acceptors (Lipinski definition) is 5. The molecule has 1 aromatic carbocycles. The Morgan fingerprint density at radius 3 is 3.00 bits per heavy atom. The Morgan fingerprint density at radius 2 is 2.19 bits per heavy atom. The highest BCUT2D eigenvalue weighted by molar-refractivity contribution is 7.71. The fraction of sp³-hybridized carbons (Fsp3) is 0.333. The summed E-state index contributed by atoms with van der Waals surface area (Å²) in [7, 11) is 0. The van der Waals surface area contributed by atoms with Crippen LogP contribution in [0.2, 0.25) is 0 Å². The van der Waals surface area contributed by atoms with Gasteiger partial charge in [-0.1, -0.05) is 31.3 Å². The highest BCUT2D eigenvalue weighted by Gasteiger charge is 2.20. The first-order valence-corrected chi connectivity index (χ1v) is 7.38. The highest BCUT2D eigenvalue weighted by Crippen LogP contribution is 2.30. The number of hydrogen-bond donors (Lipinski definition) is 2. The van der Waals surface area contributed by atoms with E-state index >= 15 is 0 Å². The zero-order valence-corrected chi connectivity index (χ0v) is 12.6. The van der Waals surface area contributed by atoms with Crippen LogP contribution < -0.4 is 14.8 Å². The Kier molecular flexibility index (Phi) is 4.06. The summed E-state index contributed by atoms with van der Waals surface area (Å²) in [6.07, 6.45) is 0.773. The number of para-hydroxylation sites is 2. The molecule has 1 aliphatic heterocycles. The molecule has 2 N–H and O–H groups in total. The molecule has 0 amide bonds. The molecule has 0 saturated heterocycles. The number of aryl methyl sites for hydroxylation is 1. The first-order chi connectivity index (χ1) is 10.2. The van der Waals surface area contributed by atoms with Crippen LogP contribution in [0.1, 0.15) is 12.7 Å². The summed E-state index contributed by atoms with van der Waals surface area (Å²) < 4.78 is 12.2. The minimum absolute atomic E-state index is 0.0416. The lowest BCUT2D eigenvalue weighted by atomic mass is 10.2. The number of ether oxygens (including phenoxy) is 2. The first kappa shape index (κ1) is 13.9. The summed E-state index contributed by atoms with van der Waals surface area (Å²) in [4.78, 5) is 7.45. The van der Waals surface area contributed by atoms with Gasteiger partial charge in [0.25, 0.3) is 0 Å². The summed E-state index contributed by atoms with van der Waals surface area (Å²) in [5.41, 5.74) is 0. The van der Waals surface area contributed by atoms with E-state index in [-0.39, 0.29) is 6.10 Å². The topological polar surface area (TPSA) is 59.2 Å². The first-order valence-electron chi connectivity index (χ1n) is 6.97. The minimum Gasteiger partial charge on any atom is -0.486 e. The molecule has 1 atom stereocenters. The van der Waals surface area contributed by atoms with E-state index in [9.17, 15) is 0 Å². The molecule has 2 aromatic rings. The zero-order valence-electron chi connectivity index (χ0n) is 11.8. The van der Waals surface area contributed by atoms with E-state index in [4.69, 9.17) is 21.7 Å². The van der Waals surface area contributed by atoms with Crippen molar-refractivity contribution in [2.45, 2.75) is 19.4 Å². The van der Waals surface area contributed by atoms with Crippen molar-refractivity contribution >= 4 is 18.0 Å². The van der Waals surface area contributed by atoms with Gasteiger partial charge in [-0.2, -0.15) is 0 Å². The smallest absolute Gasteiger partial charge is 0.161 e. The predicted molar refractivity (Wildman–Crippen MR) is 83.6 cm³/mol. The summed E-state index contributed by atoms with van der Waals surface area (Å²) in [5.74, 6) is 3.31. The third-order valence-electron chi connectivity index (χ3n) is 3.21. The van der Waals surface area contributed by atoms with E-state index in [1.807, 2.05) is 37.3 Å². The molecule has 5 nitrogen and oxygen atoms in total. The summed E-state index contributed by atoms with van der Waals surface area (Å²) in [6.45, 7) is 3.19. The number of benzene rings is 1. The van der Waals surface area contributed by atoms with Crippen LogP contribution in [0.4, 0.5) is 5.82 Å². The molecule has 0 spiro atoms. The number of nitrogens with one attached hydrogen (secondary N) is 2. The Bertz CT molecular complexity index is 687. The Hall–Kier alpha value is -2.08. The summed E-state index contributed by atoms with van der Waals surface area (Å²) in [6, 6.07) is 9.51. The van der Waals surface area contributed by atoms with Gasteiger partial charge < -0.3 is 19.8 Å². The van der Waals surface area contributed by atoms with Crippen LogP contribution in [0.5, 0.6) is 11.5 Å². The van der Waals surface area contributed by atoms with Crippen LogP contribution in [-0.4, -0.2) is 29.2 Å². The number of aromatic nitrogens is 2. The van der Waals surface area contributed by atoms with Crippen LogP contribution in [0.15, 0.2) is 30.3 Å². The molecule has 1 aliphatic rings. The molecule has 0 fully saturated rings. The van der Waals surface area contributed by atoms with E-state index in [0.717, 1.165) is 29.6 Å². The number of anilines is 1. The van der Waals surface area contributed by atoms with Crippen molar-refractivity contribution in [2.24, 2.45) is 0 Å². The lowest BCUT2D eigenvalue weighted by Gasteiger charge is -2.26. The molecule has 0 aliphatic carbocycles. The van der Waals surface area contributed by atoms with Crippen LogP contribution in [-0.2, 0) is 6.42 Å². The molecule has 0 radical (unpaired) electrons. The minimum atomic E-state index is -0.0416. The molecule has 3 rings (SSSR count). The van der Waals surface area contributed by atoms with Gasteiger partial charge in [0, 0.05) is 12.5 Å². The molecule has 110 valence electrons. The number of fused-ring (bicyclic) bond motifs is 1. The molecule has 0 saturated carbocycles. The number of aromatic amines is 1. The lowest BCUT2D eigenvalue weighted by molar-refractivity contribution is 0.0997. The SMILES string of the molecule is CCc1nc(=S)cc(NCC2COc3ccccc3O2)[nH]1. The van der Waals surface area contributed by atoms with Gasteiger partial charge in [-0.15, -0.1) is 0 Å². The fourth-order valence-electron chi connectivity index (χ4n) is 2.16. The maximum atomic E-state index is 5.90. The van der Waals surface area contributed by atoms with Gasteiger partial charge in [0.1, 0.15) is 29.0 Å². The molecule has 6 heteroatoms. The molecular weight excluding hydrogens is 286 g/mol. The quantitative estimate of drug-likeness (QED) is 0.850. The van der Waals surface area contributed by atoms with Gasteiger partial charge in [-0.25, -0.2) is 4.98 Å². The fourth-order valence-corrected chi connectivity index (χ4v) is 2.39. The number of nitrogens with zero attached hydrogens (tertiary/aromatic N) is 1. The average Bonchev–Trinajstić information content (AvgIpc) is 2.52. The van der Waals surface area contributed by atoms with E-state index in [1.165, 1.54) is 0 Å². The summed E-state index contributed by atoms with van der Waals surface area (Å²) >= 11 is 5.15. The highest BCUT2D eigenvalue weighted by atomic mass is 32.1. The van der Waals surface area contributed by atoms with Crippen LogP contribution in [0.3, 0.4) is 0 Å². The van der Waals surface area contributed by atoms with E-state index in [2.05, 4.69) is 15.3 Å². The zero-order chi connectivity index (χ0) is 14.7. The third-order valence-corrected chi connectivity index (χ3v) is 3.42. The molecule has 21 heavy (non-hydrogen) atoms. The van der Waals surface area contributed by atoms with Crippen molar-refractivity contribution < 1.29 is 9.47 Å². The molecule has 1 unspecified atom stereocenters. The maximum absolute atomic E-state index is 5.90. The Morgan fingerprint density at radius 1 is 1.38 bits per heavy atom. The van der Waals surface area contributed by atoms with Crippen molar-refractivity contribution in [1.29, 1.82) is 0 Å². The Balaban J connectivity index is 1.64. The number of rotatable bonds is 4.